The first-order valence-corrected chi connectivity index (χ1v) is 15.7. The van der Waals surface area contributed by atoms with E-state index in [9.17, 15) is 9.59 Å². The summed E-state index contributed by atoms with van der Waals surface area (Å²) in [6.45, 7) is 1.90. The number of fused-ring (bicyclic) bond motifs is 1. The summed E-state index contributed by atoms with van der Waals surface area (Å²) in [5, 5.41) is 0. The van der Waals surface area contributed by atoms with Crippen molar-refractivity contribution in [3.05, 3.63) is 155 Å². The van der Waals surface area contributed by atoms with Crippen LogP contribution >= 0.6 is 0 Å². The molecule has 2 fully saturated rings. The zero-order valence-corrected chi connectivity index (χ0v) is 26.7. The van der Waals surface area contributed by atoms with Crippen LogP contribution in [0.25, 0.3) is 0 Å². The summed E-state index contributed by atoms with van der Waals surface area (Å²) >= 11 is 0. The quantitative estimate of drug-likeness (QED) is 0.143. The molecule has 5 atom stereocenters. The first kappa shape index (κ1) is 31.1. The Kier molecular flexibility index (Phi) is 7.72. The molecule has 2 bridgehead atoms. The monoisotopic (exact) mass is 642 g/mol. The van der Waals surface area contributed by atoms with Gasteiger partial charge in [0.1, 0.15) is 5.92 Å². The number of amides is 1. The van der Waals surface area contributed by atoms with Gasteiger partial charge < -0.3 is 19.1 Å². The largest absolute Gasteiger partial charge is 0.466 e. The van der Waals surface area contributed by atoms with E-state index < -0.39 is 47.2 Å². The maximum absolute atomic E-state index is 15.3. The second-order valence-corrected chi connectivity index (χ2v) is 12.1. The van der Waals surface area contributed by atoms with Crippen LogP contribution in [0.3, 0.4) is 0 Å². The molecule has 4 aromatic rings. The number of allylic oxidation sites excluding steroid dienone is 1. The number of benzene rings is 4. The molecule has 9 nitrogen and oxygen atoms in total. The first-order valence-electron chi connectivity index (χ1n) is 15.7. The maximum Gasteiger partial charge on any atom is 0.348 e. The van der Waals surface area contributed by atoms with Gasteiger partial charge in [-0.2, -0.15) is 0 Å². The standard InChI is InChI=1S/C39H34N2O7/c1-25-30(35(43)46-2)33(28-20-12-6-13-21-28)41-36(44)38(37(45)47-3)31(27-18-10-5-11-19-27)32(34(42)29-22-14-7-15-23-29)39(41,48-38)40(25)24-26-16-8-4-9-17-26/h4-23,31-33H,24H2,1-3H3/t31?,32?,33?,38-,39-/m0/s1. The van der Waals surface area contributed by atoms with Gasteiger partial charge in [-0.1, -0.05) is 121 Å². The Morgan fingerprint density at radius 3 is 1.85 bits per heavy atom. The fourth-order valence-corrected chi connectivity index (χ4v) is 7.80. The third kappa shape index (κ3) is 4.34. The van der Waals surface area contributed by atoms with Gasteiger partial charge in [-0.05, 0) is 23.6 Å². The van der Waals surface area contributed by atoms with Gasteiger partial charge in [0.2, 0.25) is 5.85 Å². The van der Waals surface area contributed by atoms with Crippen LogP contribution in [0.2, 0.25) is 0 Å². The molecule has 48 heavy (non-hydrogen) atoms. The van der Waals surface area contributed by atoms with E-state index in [1.54, 1.807) is 84.6 Å². The lowest BCUT2D eigenvalue weighted by molar-refractivity contribution is -0.222. The lowest BCUT2D eigenvalue weighted by atomic mass is 9.66. The van der Waals surface area contributed by atoms with E-state index in [1.165, 1.54) is 19.1 Å². The molecule has 0 radical (unpaired) electrons. The predicted molar refractivity (Wildman–Crippen MR) is 175 cm³/mol. The minimum absolute atomic E-state index is 0.135. The van der Waals surface area contributed by atoms with Crippen LogP contribution in [0.5, 0.6) is 0 Å². The van der Waals surface area contributed by atoms with Crippen LogP contribution in [0, 0.1) is 5.92 Å². The molecule has 0 aliphatic carbocycles. The first-order chi connectivity index (χ1) is 23.3. The summed E-state index contributed by atoms with van der Waals surface area (Å²) in [5.41, 5.74) is 0.743. The lowest BCUT2D eigenvalue weighted by Gasteiger charge is -2.56. The van der Waals surface area contributed by atoms with Crippen molar-refractivity contribution in [3.8, 4) is 0 Å². The highest BCUT2D eigenvalue weighted by Crippen LogP contribution is 2.67. The number of nitrogens with zero attached hydrogens (tertiary/aromatic N) is 2. The van der Waals surface area contributed by atoms with E-state index >= 15 is 9.59 Å². The van der Waals surface area contributed by atoms with Gasteiger partial charge in [0.05, 0.1) is 31.8 Å². The summed E-state index contributed by atoms with van der Waals surface area (Å²) in [5.74, 6) is -6.72. The number of methoxy groups -OCH3 is 2. The molecule has 1 amide bonds. The Labute approximate surface area is 278 Å². The van der Waals surface area contributed by atoms with Gasteiger partial charge >= 0.3 is 11.9 Å². The number of carbonyl (C=O) groups is 4. The second kappa shape index (κ2) is 11.9. The van der Waals surface area contributed by atoms with Crippen molar-refractivity contribution in [2.24, 2.45) is 5.92 Å². The molecular weight excluding hydrogens is 608 g/mol. The van der Waals surface area contributed by atoms with Crippen molar-refractivity contribution >= 4 is 23.6 Å². The van der Waals surface area contributed by atoms with E-state index in [1.807, 2.05) is 48.5 Å². The van der Waals surface area contributed by atoms with E-state index in [2.05, 4.69) is 0 Å². The summed E-state index contributed by atoms with van der Waals surface area (Å²) in [7, 11) is 2.49. The normalized spacial score (nSPS) is 25.9. The van der Waals surface area contributed by atoms with Crippen LogP contribution in [0.4, 0.5) is 0 Å². The number of hydrogen-bond donors (Lipinski definition) is 0. The fraction of sp³-hybridized carbons (Fsp3) is 0.231. The molecule has 242 valence electrons. The maximum atomic E-state index is 15.3. The fourth-order valence-electron chi connectivity index (χ4n) is 7.80. The van der Waals surface area contributed by atoms with Gasteiger partial charge in [0.25, 0.3) is 11.5 Å². The van der Waals surface area contributed by atoms with Gasteiger partial charge in [-0.25, -0.2) is 9.59 Å². The number of Topliss-reactive ketones (excluding diaryl/α,β-unsaturated/α-hetero) is 1. The molecule has 4 aromatic carbocycles. The smallest absolute Gasteiger partial charge is 0.348 e. The summed E-state index contributed by atoms with van der Waals surface area (Å²) in [6, 6.07) is 35.2. The Balaban J connectivity index is 1.61. The molecule has 0 aromatic heterocycles. The van der Waals surface area contributed by atoms with Gasteiger partial charge in [0.15, 0.2) is 5.78 Å². The van der Waals surface area contributed by atoms with Crippen molar-refractivity contribution in [3.63, 3.8) is 0 Å². The Morgan fingerprint density at radius 1 is 0.750 bits per heavy atom. The lowest BCUT2D eigenvalue weighted by Crippen LogP contribution is -2.70. The third-order valence-corrected chi connectivity index (χ3v) is 9.77. The highest BCUT2D eigenvalue weighted by atomic mass is 16.6. The summed E-state index contributed by atoms with van der Waals surface area (Å²) in [6.07, 6.45) is 0. The van der Waals surface area contributed by atoms with Crippen molar-refractivity contribution in [2.75, 3.05) is 14.2 Å². The Bertz CT molecular complexity index is 1920. The summed E-state index contributed by atoms with van der Waals surface area (Å²) in [4.78, 5) is 61.8. The Morgan fingerprint density at radius 2 is 1.29 bits per heavy atom. The highest BCUT2D eigenvalue weighted by molar-refractivity contribution is 6.14. The minimum atomic E-state index is -2.26. The van der Waals surface area contributed by atoms with Crippen molar-refractivity contribution in [1.29, 1.82) is 0 Å². The molecule has 1 spiro atoms. The van der Waals surface area contributed by atoms with Crippen LogP contribution in [-0.2, 0) is 35.1 Å². The van der Waals surface area contributed by atoms with E-state index in [-0.39, 0.29) is 17.9 Å². The molecule has 7 rings (SSSR count). The van der Waals surface area contributed by atoms with Crippen LogP contribution in [0.15, 0.2) is 133 Å². The topological polar surface area (TPSA) is 102 Å². The number of piperidine rings is 1. The van der Waals surface area contributed by atoms with Crippen molar-refractivity contribution < 1.29 is 33.4 Å². The zero-order valence-electron chi connectivity index (χ0n) is 26.7. The van der Waals surface area contributed by atoms with Gasteiger partial charge in [-0.3, -0.25) is 14.5 Å². The average Bonchev–Trinajstić information content (AvgIpc) is 3.60. The number of ketones is 1. The van der Waals surface area contributed by atoms with E-state index in [0.29, 0.717) is 22.4 Å². The number of esters is 2. The van der Waals surface area contributed by atoms with Crippen LogP contribution in [-0.4, -0.2) is 59.1 Å². The van der Waals surface area contributed by atoms with Crippen molar-refractivity contribution in [2.45, 2.75) is 36.9 Å². The minimum Gasteiger partial charge on any atom is -0.466 e. The number of hydrogen-bond acceptors (Lipinski definition) is 8. The highest BCUT2D eigenvalue weighted by Gasteiger charge is 2.84. The van der Waals surface area contributed by atoms with E-state index in [0.717, 1.165) is 5.56 Å². The SMILES string of the molecule is COC(=O)C1=C(C)N(Cc2ccccc2)[C@]23O[C@](C(=O)OC)(C(=O)N2C1c1ccccc1)C(c1ccccc1)C3C(=O)c1ccccc1. The van der Waals surface area contributed by atoms with Crippen LogP contribution < -0.4 is 0 Å². The molecule has 3 aliphatic heterocycles. The molecule has 3 unspecified atom stereocenters. The van der Waals surface area contributed by atoms with E-state index in [4.69, 9.17) is 14.2 Å². The molecule has 2 saturated heterocycles. The predicted octanol–water partition coefficient (Wildman–Crippen LogP) is 5.41. The molecule has 3 aliphatic rings. The average molecular weight is 643 g/mol. The molecule has 0 N–H and O–H groups in total. The third-order valence-electron chi connectivity index (χ3n) is 9.77. The van der Waals surface area contributed by atoms with Crippen molar-refractivity contribution in [1.82, 2.24) is 9.80 Å². The molecule has 0 saturated carbocycles. The number of carbonyl (C=O) groups excluding carboxylic acids is 4. The summed E-state index contributed by atoms with van der Waals surface area (Å²) < 4.78 is 17.8. The van der Waals surface area contributed by atoms with Gasteiger partial charge in [-0.15, -0.1) is 0 Å². The molecular formula is C39H34N2O7. The number of ether oxygens (including phenoxy) is 3. The Hall–Kier alpha value is -5.54. The zero-order chi connectivity index (χ0) is 33.6. The van der Waals surface area contributed by atoms with Gasteiger partial charge in [0, 0.05) is 17.8 Å². The number of rotatable bonds is 8. The second-order valence-electron chi connectivity index (χ2n) is 12.1. The van der Waals surface area contributed by atoms with Crippen LogP contribution in [0.1, 0.15) is 45.9 Å². The molecule has 3 heterocycles. The molecule has 9 heteroatoms.